The van der Waals surface area contributed by atoms with Gasteiger partial charge in [0, 0.05) is 20.0 Å². The maximum Gasteiger partial charge on any atom is 0.0677 e. The van der Waals surface area contributed by atoms with Gasteiger partial charge in [-0.25, -0.2) is 0 Å². The summed E-state index contributed by atoms with van der Waals surface area (Å²) >= 11 is 0. The van der Waals surface area contributed by atoms with Crippen molar-refractivity contribution in [2.24, 2.45) is 10.1 Å². The average molecular weight is 99.1 g/mol. The predicted molar refractivity (Wildman–Crippen MR) is 32.0 cm³/mol. The first-order valence-electron chi connectivity index (χ1n) is 2.01. The molecule has 0 unspecified atom stereocenters. The number of nitrogens with zero attached hydrogens (tertiary/aromatic N) is 2. The average Bonchev–Trinajstić information content (AvgIpc) is 1.69. The standard InChI is InChI=1S/C4H9N3/c1-5-3-4-7-6-2/h3,7H,2,4H2,1H3. The first-order chi connectivity index (χ1) is 3.41. The van der Waals surface area contributed by atoms with Crippen molar-refractivity contribution >= 4 is 12.9 Å². The Morgan fingerprint density at radius 1 is 1.86 bits per heavy atom. The number of hydrogen-bond acceptors (Lipinski definition) is 3. The van der Waals surface area contributed by atoms with Crippen molar-refractivity contribution in [2.75, 3.05) is 13.6 Å². The highest BCUT2D eigenvalue weighted by Gasteiger charge is 1.65. The van der Waals surface area contributed by atoms with Crippen LogP contribution in [-0.4, -0.2) is 26.5 Å². The Morgan fingerprint density at radius 3 is 3.00 bits per heavy atom. The molecule has 0 aliphatic carbocycles. The predicted octanol–water partition coefficient (Wildman–Crippen LogP) is -0.108. The lowest BCUT2D eigenvalue weighted by Crippen LogP contribution is -2.06. The summed E-state index contributed by atoms with van der Waals surface area (Å²) < 4.78 is 0. The molecule has 0 rings (SSSR count). The summed E-state index contributed by atoms with van der Waals surface area (Å²) in [6.07, 6.45) is 1.72. The normalized spacial score (nSPS) is 9.29. The van der Waals surface area contributed by atoms with Gasteiger partial charge in [0.25, 0.3) is 0 Å². The largest absolute Gasteiger partial charge is 0.305 e. The first-order valence-corrected chi connectivity index (χ1v) is 2.01. The summed E-state index contributed by atoms with van der Waals surface area (Å²) in [5.74, 6) is 0. The van der Waals surface area contributed by atoms with Crippen LogP contribution in [0.1, 0.15) is 0 Å². The molecular weight excluding hydrogens is 90.1 g/mol. The quantitative estimate of drug-likeness (QED) is 0.299. The third-order valence-corrected chi connectivity index (χ3v) is 0.477. The van der Waals surface area contributed by atoms with E-state index in [1.807, 2.05) is 0 Å². The lowest BCUT2D eigenvalue weighted by Gasteiger charge is -1.85. The summed E-state index contributed by atoms with van der Waals surface area (Å²) in [6, 6.07) is 0. The number of hydrazone groups is 1. The Bertz CT molecular complexity index is 67.3. The molecule has 0 aromatic rings. The molecule has 0 atom stereocenters. The summed E-state index contributed by atoms with van der Waals surface area (Å²) in [5, 5.41) is 3.38. The molecule has 7 heavy (non-hydrogen) atoms. The van der Waals surface area contributed by atoms with Crippen LogP contribution >= 0.6 is 0 Å². The van der Waals surface area contributed by atoms with Crippen molar-refractivity contribution in [3.63, 3.8) is 0 Å². The van der Waals surface area contributed by atoms with E-state index in [1.54, 1.807) is 13.3 Å². The minimum absolute atomic E-state index is 0.667. The van der Waals surface area contributed by atoms with Gasteiger partial charge in [0.1, 0.15) is 0 Å². The van der Waals surface area contributed by atoms with Crippen LogP contribution in [0.3, 0.4) is 0 Å². The molecule has 0 fully saturated rings. The molecule has 0 radical (unpaired) electrons. The molecule has 0 saturated heterocycles. The van der Waals surface area contributed by atoms with E-state index in [1.165, 1.54) is 0 Å². The van der Waals surface area contributed by atoms with Crippen molar-refractivity contribution in [2.45, 2.75) is 0 Å². The minimum Gasteiger partial charge on any atom is -0.305 e. The number of hydrogen-bond donors (Lipinski definition) is 1. The molecule has 3 heteroatoms. The van der Waals surface area contributed by atoms with Crippen LogP contribution < -0.4 is 5.43 Å². The van der Waals surface area contributed by atoms with Crippen LogP contribution in [0, 0.1) is 0 Å². The van der Waals surface area contributed by atoms with Gasteiger partial charge in [0.05, 0.1) is 6.54 Å². The molecule has 0 aliphatic heterocycles. The summed E-state index contributed by atoms with van der Waals surface area (Å²) in [6.45, 7) is 3.88. The fourth-order valence-electron chi connectivity index (χ4n) is 0.197. The Morgan fingerprint density at radius 2 is 2.57 bits per heavy atom. The Balaban J connectivity index is 2.82. The second kappa shape index (κ2) is 5.14. The van der Waals surface area contributed by atoms with Gasteiger partial charge in [-0.15, -0.1) is 0 Å². The van der Waals surface area contributed by atoms with E-state index < -0.39 is 0 Å². The topological polar surface area (TPSA) is 36.8 Å². The van der Waals surface area contributed by atoms with E-state index in [0.29, 0.717) is 6.54 Å². The molecular formula is C4H9N3. The summed E-state index contributed by atoms with van der Waals surface area (Å²) in [4.78, 5) is 3.70. The van der Waals surface area contributed by atoms with Crippen molar-refractivity contribution in [3.8, 4) is 0 Å². The zero-order chi connectivity index (χ0) is 5.54. The Kier molecular flexibility index (Phi) is 4.51. The molecule has 0 aromatic heterocycles. The lowest BCUT2D eigenvalue weighted by atomic mass is 10.7. The van der Waals surface area contributed by atoms with Gasteiger partial charge >= 0.3 is 0 Å². The van der Waals surface area contributed by atoms with Gasteiger partial charge in [-0.05, 0) is 0 Å². The van der Waals surface area contributed by atoms with Crippen LogP contribution in [-0.2, 0) is 0 Å². The second-order valence-electron chi connectivity index (χ2n) is 0.961. The third kappa shape index (κ3) is 5.14. The van der Waals surface area contributed by atoms with E-state index >= 15 is 0 Å². The van der Waals surface area contributed by atoms with Crippen LogP contribution in [0.5, 0.6) is 0 Å². The van der Waals surface area contributed by atoms with Crippen molar-refractivity contribution < 1.29 is 0 Å². The fourth-order valence-corrected chi connectivity index (χ4v) is 0.197. The van der Waals surface area contributed by atoms with Crippen LogP contribution in [0.4, 0.5) is 0 Å². The summed E-state index contributed by atoms with van der Waals surface area (Å²) in [5.41, 5.74) is 2.61. The zero-order valence-corrected chi connectivity index (χ0v) is 4.39. The number of nitrogens with one attached hydrogen (secondary N) is 1. The highest BCUT2D eigenvalue weighted by molar-refractivity contribution is 5.59. The molecule has 0 amide bonds. The van der Waals surface area contributed by atoms with Crippen LogP contribution in [0.2, 0.25) is 0 Å². The van der Waals surface area contributed by atoms with Crippen molar-refractivity contribution in [3.05, 3.63) is 0 Å². The number of rotatable bonds is 3. The van der Waals surface area contributed by atoms with Crippen molar-refractivity contribution in [1.82, 2.24) is 5.43 Å². The molecule has 0 spiro atoms. The monoisotopic (exact) mass is 99.1 g/mol. The van der Waals surface area contributed by atoms with E-state index in [0.717, 1.165) is 0 Å². The van der Waals surface area contributed by atoms with Crippen molar-refractivity contribution in [1.29, 1.82) is 0 Å². The van der Waals surface area contributed by atoms with Crippen LogP contribution in [0.15, 0.2) is 10.1 Å². The fraction of sp³-hybridized carbons (Fsp3) is 0.500. The van der Waals surface area contributed by atoms with Gasteiger partial charge in [-0.2, -0.15) is 5.10 Å². The number of aliphatic imine (C=N–C) groups is 1. The van der Waals surface area contributed by atoms with Crippen LogP contribution in [0.25, 0.3) is 0 Å². The third-order valence-electron chi connectivity index (χ3n) is 0.477. The Labute approximate surface area is 43.1 Å². The molecule has 0 bridgehead atoms. The molecule has 40 valence electrons. The highest BCUT2D eigenvalue weighted by Crippen LogP contribution is 1.51. The van der Waals surface area contributed by atoms with Gasteiger partial charge < -0.3 is 5.43 Å². The summed E-state index contributed by atoms with van der Waals surface area (Å²) in [7, 11) is 1.71. The molecule has 0 heterocycles. The highest BCUT2D eigenvalue weighted by atomic mass is 15.3. The van der Waals surface area contributed by atoms with E-state index in [9.17, 15) is 0 Å². The van der Waals surface area contributed by atoms with Gasteiger partial charge in [0.2, 0.25) is 0 Å². The lowest BCUT2D eigenvalue weighted by molar-refractivity contribution is 0.863. The maximum atomic E-state index is 3.70. The molecule has 3 nitrogen and oxygen atoms in total. The molecule has 0 saturated carbocycles. The minimum atomic E-state index is 0.667. The van der Waals surface area contributed by atoms with Gasteiger partial charge in [-0.1, -0.05) is 0 Å². The first kappa shape index (κ1) is 6.14. The molecule has 1 N–H and O–H groups in total. The molecule has 0 aromatic carbocycles. The maximum absolute atomic E-state index is 3.70. The second-order valence-corrected chi connectivity index (χ2v) is 0.961. The zero-order valence-electron chi connectivity index (χ0n) is 4.39. The van der Waals surface area contributed by atoms with Gasteiger partial charge in [0.15, 0.2) is 0 Å². The van der Waals surface area contributed by atoms with Gasteiger partial charge in [-0.3, -0.25) is 4.99 Å². The smallest absolute Gasteiger partial charge is 0.0677 e. The SMILES string of the molecule is C=NNCC=NC. The molecule has 0 aliphatic rings. The van der Waals surface area contributed by atoms with E-state index in [4.69, 9.17) is 0 Å². The van der Waals surface area contributed by atoms with E-state index in [-0.39, 0.29) is 0 Å². The Hall–Kier alpha value is -0.860. The van der Waals surface area contributed by atoms with E-state index in [2.05, 4.69) is 22.2 Å².